The van der Waals surface area contributed by atoms with Gasteiger partial charge in [-0.1, -0.05) is 211 Å². The molecular weight excluding hydrogens is 615 g/mol. The fourth-order valence-corrected chi connectivity index (χ4v) is 6.68. The van der Waals surface area contributed by atoms with E-state index in [2.05, 4.69) is 43.5 Å². The highest BCUT2D eigenvalue weighted by Gasteiger charge is 2.17. The van der Waals surface area contributed by atoms with Crippen molar-refractivity contribution in [3.63, 3.8) is 0 Å². The molecule has 0 heterocycles. The number of carbonyl (C=O) groups is 1. The molecule has 0 aliphatic rings. The Labute approximate surface area is 312 Å². The topological polar surface area (TPSA) is 69.6 Å². The first-order valence-corrected chi connectivity index (χ1v) is 22.2. The molecule has 0 aromatic heterocycles. The molecule has 0 radical (unpaired) electrons. The fraction of sp³-hybridized carbons (Fsp3) is 0.848. The Hall–Kier alpha value is -1.39. The van der Waals surface area contributed by atoms with Crippen LogP contribution < -0.4 is 5.32 Å². The number of hydrogen-bond acceptors (Lipinski definition) is 3. The van der Waals surface area contributed by atoms with Gasteiger partial charge >= 0.3 is 0 Å². The van der Waals surface area contributed by atoms with Crippen molar-refractivity contribution < 1.29 is 15.0 Å². The van der Waals surface area contributed by atoms with Gasteiger partial charge in [0.2, 0.25) is 5.91 Å². The molecule has 4 nitrogen and oxygen atoms in total. The minimum Gasteiger partial charge on any atom is -0.394 e. The van der Waals surface area contributed by atoms with Gasteiger partial charge in [-0.15, -0.1) is 0 Å². The molecule has 0 saturated heterocycles. The highest BCUT2D eigenvalue weighted by Crippen LogP contribution is 2.15. The average Bonchev–Trinajstić information content (AvgIpc) is 3.12. The summed E-state index contributed by atoms with van der Waals surface area (Å²) in [6.45, 7) is 4.25. The van der Waals surface area contributed by atoms with E-state index in [1.165, 1.54) is 180 Å². The Morgan fingerprint density at radius 1 is 0.480 bits per heavy atom. The first kappa shape index (κ1) is 48.6. The average molecular weight is 702 g/mol. The molecule has 0 bridgehead atoms. The van der Waals surface area contributed by atoms with Crippen LogP contribution >= 0.6 is 0 Å². The standard InChI is InChI=1S/C46H87NO3/c1-3-5-7-9-11-12-13-14-15-16-17-18-19-20-21-22-23-24-25-26-27-28-29-30-31-32-33-34-36-38-40-42-46(50)47-44(43-48)45(49)41-39-37-35-10-8-6-4-2/h13-14,16-17,39,41,44-45,48-49H,3-12,15,18-38,40,42-43H2,1-2H3,(H,47,50)/b14-13-,17-16-,41-39+. The van der Waals surface area contributed by atoms with Crippen LogP contribution in [0.5, 0.6) is 0 Å². The van der Waals surface area contributed by atoms with Gasteiger partial charge in [-0.25, -0.2) is 0 Å². The Bertz CT molecular complexity index is 760. The minimum absolute atomic E-state index is 0.0667. The summed E-state index contributed by atoms with van der Waals surface area (Å²) in [5, 5.41) is 22.8. The monoisotopic (exact) mass is 702 g/mol. The lowest BCUT2D eigenvalue weighted by Gasteiger charge is -2.20. The van der Waals surface area contributed by atoms with E-state index in [1.807, 2.05) is 6.08 Å². The van der Waals surface area contributed by atoms with E-state index in [4.69, 9.17) is 0 Å². The Morgan fingerprint density at radius 2 is 0.820 bits per heavy atom. The number of unbranched alkanes of at least 4 members (excludes halogenated alkanes) is 29. The highest BCUT2D eigenvalue weighted by atomic mass is 16.3. The zero-order valence-electron chi connectivity index (χ0n) is 33.7. The lowest BCUT2D eigenvalue weighted by atomic mass is 10.0. The third kappa shape index (κ3) is 37.9. The zero-order chi connectivity index (χ0) is 36.4. The van der Waals surface area contributed by atoms with Crippen molar-refractivity contribution in [3.8, 4) is 0 Å². The molecule has 1 amide bonds. The van der Waals surface area contributed by atoms with E-state index in [-0.39, 0.29) is 12.5 Å². The lowest BCUT2D eigenvalue weighted by molar-refractivity contribution is -0.123. The summed E-state index contributed by atoms with van der Waals surface area (Å²) in [6.07, 6.45) is 55.7. The molecule has 0 fully saturated rings. The van der Waals surface area contributed by atoms with Gasteiger partial charge < -0.3 is 15.5 Å². The molecule has 0 saturated carbocycles. The summed E-state index contributed by atoms with van der Waals surface area (Å²) in [6, 6.07) is -0.616. The van der Waals surface area contributed by atoms with Crippen molar-refractivity contribution in [1.29, 1.82) is 0 Å². The van der Waals surface area contributed by atoms with Crippen molar-refractivity contribution in [2.75, 3.05) is 6.61 Å². The molecule has 0 aliphatic heterocycles. The van der Waals surface area contributed by atoms with Crippen LogP contribution in [0.3, 0.4) is 0 Å². The first-order valence-electron chi connectivity index (χ1n) is 22.2. The van der Waals surface area contributed by atoms with Gasteiger partial charge in [0, 0.05) is 6.42 Å². The van der Waals surface area contributed by atoms with E-state index in [0.29, 0.717) is 6.42 Å². The molecule has 3 N–H and O–H groups in total. The maximum atomic E-state index is 12.3. The van der Waals surface area contributed by atoms with E-state index < -0.39 is 12.1 Å². The molecule has 294 valence electrons. The number of amides is 1. The number of carbonyl (C=O) groups excluding carboxylic acids is 1. The SMILES string of the molecule is CCCCCCC/C=C\C/C=C\CCCCCCCCCCCCCCCCCCCCCC(=O)NC(CO)C(O)/C=C/CCCCCCC. The van der Waals surface area contributed by atoms with Gasteiger partial charge in [0.05, 0.1) is 18.8 Å². The third-order valence-corrected chi connectivity index (χ3v) is 10.1. The second kappa shape index (κ2) is 42.0. The van der Waals surface area contributed by atoms with Crippen LogP contribution in [0.2, 0.25) is 0 Å². The fourth-order valence-electron chi connectivity index (χ4n) is 6.68. The molecule has 2 unspecified atom stereocenters. The molecule has 0 spiro atoms. The number of aliphatic hydroxyl groups is 2. The quantitative estimate of drug-likeness (QED) is 0.0440. The molecule has 0 rings (SSSR count). The van der Waals surface area contributed by atoms with Crippen molar-refractivity contribution in [1.82, 2.24) is 5.32 Å². The Kier molecular flexibility index (Phi) is 40.9. The van der Waals surface area contributed by atoms with E-state index >= 15 is 0 Å². The van der Waals surface area contributed by atoms with E-state index in [9.17, 15) is 15.0 Å². The molecule has 0 aromatic rings. The second-order valence-electron chi connectivity index (χ2n) is 15.1. The number of rotatable bonds is 40. The number of aliphatic hydroxyl groups excluding tert-OH is 2. The van der Waals surface area contributed by atoms with E-state index in [0.717, 1.165) is 32.1 Å². The largest absolute Gasteiger partial charge is 0.394 e. The van der Waals surface area contributed by atoms with Crippen LogP contribution in [0.15, 0.2) is 36.5 Å². The predicted molar refractivity (Wildman–Crippen MR) is 221 cm³/mol. The number of hydrogen-bond donors (Lipinski definition) is 3. The van der Waals surface area contributed by atoms with Crippen LogP contribution in [-0.2, 0) is 4.79 Å². The maximum absolute atomic E-state index is 12.3. The second-order valence-corrected chi connectivity index (χ2v) is 15.1. The van der Waals surface area contributed by atoms with Crippen molar-refractivity contribution in [2.45, 2.75) is 244 Å². The van der Waals surface area contributed by atoms with Gasteiger partial charge in [-0.2, -0.15) is 0 Å². The smallest absolute Gasteiger partial charge is 0.220 e. The van der Waals surface area contributed by atoms with Gasteiger partial charge in [-0.3, -0.25) is 4.79 Å². The molecular formula is C46H87NO3. The van der Waals surface area contributed by atoms with Gasteiger partial charge in [-0.05, 0) is 51.4 Å². The third-order valence-electron chi connectivity index (χ3n) is 10.1. The molecule has 0 aromatic carbocycles. The van der Waals surface area contributed by atoms with Crippen molar-refractivity contribution in [3.05, 3.63) is 36.5 Å². The summed E-state index contributed by atoms with van der Waals surface area (Å²) in [4.78, 5) is 12.3. The van der Waals surface area contributed by atoms with Crippen molar-refractivity contribution in [2.24, 2.45) is 0 Å². The van der Waals surface area contributed by atoms with Gasteiger partial charge in [0.1, 0.15) is 0 Å². The van der Waals surface area contributed by atoms with Crippen LogP contribution in [0.4, 0.5) is 0 Å². The van der Waals surface area contributed by atoms with Crippen molar-refractivity contribution >= 4 is 5.91 Å². The number of nitrogens with one attached hydrogen (secondary N) is 1. The maximum Gasteiger partial charge on any atom is 0.220 e. The van der Waals surface area contributed by atoms with Gasteiger partial charge in [0.15, 0.2) is 0 Å². The summed E-state index contributed by atoms with van der Waals surface area (Å²) < 4.78 is 0. The predicted octanol–water partition coefficient (Wildman–Crippen LogP) is 13.8. The highest BCUT2D eigenvalue weighted by molar-refractivity contribution is 5.76. The minimum atomic E-state index is -0.833. The zero-order valence-corrected chi connectivity index (χ0v) is 33.7. The summed E-state index contributed by atoms with van der Waals surface area (Å²) in [5.74, 6) is -0.0667. The summed E-state index contributed by atoms with van der Waals surface area (Å²) in [5.41, 5.74) is 0. The molecule has 0 aliphatic carbocycles. The van der Waals surface area contributed by atoms with Crippen LogP contribution in [0.25, 0.3) is 0 Å². The molecule has 2 atom stereocenters. The summed E-state index contributed by atoms with van der Waals surface area (Å²) >= 11 is 0. The molecule has 50 heavy (non-hydrogen) atoms. The van der Waals surface area contributed by atoms with Crippen LogP contribution in [-0.4, -0.2) is 34.9 Å². The molecule has 4 heteroatoms. The first-order chi connectivity index (χ1) is 24.7. The normalized spacial score (nSPS) is 13.3. The lowest BCUT2D eigenvalue weighted by Crippen LogP contribution is -2.45. The van der Waals surface area contributed by atoms with Gasteiger partial charge in [0.25, 0.3) is 0 Å². The Morgan fingerprint density at radius 3 is 1.20 bits per heavy atom. The van der Waals surface area contributed by atoms with E-state index in [1.54, 1.807) is 6.08 Å². The van der Waals surface area contributed by atoms with Crippen LogP contribution in [0, 0.1) is 0 Å². The van der Waals surface area contributed by atoms with Crippen LogP contribution in [0.1, 0.15) is 232 Å². The summed E-state index contributed by atoms with van der Waals surface area (Å²) in [7, 11) is 0. The number of allylic oxidation sites excluding steroid dienone is 5. The Balaban J connectivity index is 3.39.